The summed E-state index contributed by atoms with van der Waals surface area (Å²) in [6.45, 7) is 1.56. The topological polar surface area (TPSA) is 73.7 Å². The minimum absolute atomic E-state index is 0.136. The van der Waals surface area contributed by atoms with Crippen LogP contribution in [0.25, 0.3) is 38.8 Å². The van der Waals surface area contributed by atoms with E-state index in [1.54, 1.807) is 4.57 Å². The van der Waals surface area contributed by atoms with Crippen LogP contribution in [0.3, 0.4) is 0 Å². The molecule has 5 rings (SSSR count). The lowest BCUT2D eigenvalue weighted by Gasteiger charge is -2.06. The van der Waals surface area contributed by atoms with Crippen LogP contribution < -0.4 is 11.4 Å². The van der Waals surface area contributed by atoms with Gasteiger partial charge in [-0.3, -0.25) is 4.57 Å². The Balaban J connectivity index is 1.72. The number of benzene rings is 2. The van der Waals surface area contributed by atoms with Crippen molar-refractivity contribution in [3.05, 3.63) is 77.6 Å². The van der Waals surface area contributed by atoms with Crippen LogP contribution in [0.5, 0.6) is 0 Å². The lowest BCUT2D eigenvalue weighted by molar-refractivity contribution is 0.629. The first-order valence-corrected chi connectivity index (χ1v) is 10.3. The van der Waals surface area contributed by atoms with E-state index in [1.165, 1.54) is 0 Å². The van der Waals surface area contributed by atoms with E-state index in [0.717, 1.165) is 58.1 Å². The molecule has 0 aliphatic heterocycles. The number of hydrogen-bond acceptors (Lipinski definition) is 2. The van der Waals surface area contributed by atoms with Gasteiger partial charge < -0.3 is 19.9 Å². The van der Waals surface area contributed by atoms with Crippen molar-refractivity contribution in [2.45, 2.75) is 19.4 Å². The molecule has 0 saturated carbocycles. The van der Waals surface area contributed by atoms with Crippen LogP contribution >= 0.6 is 0 Å². The zero-order valence-corrected chi connectivity index (χ0v) is 17.0. The van der Waals surface area contributed by atoms with Gasteiger partial charge in [-0.15, -0.1) is 0 Å². The van der Waals surface area contributed by atoms with Gasteiger partial charge in [-0.2, -0.15) is 0 Å². The van der Waals surface area contributed by atoms with Gasteiger partial charge in [0.05, 0.1) is 16.9 Å². The van der Waals surface area contributed by atoms with Gasteiger partial charge in [0.25, 0.3) is 0 Å². The summed E-state index contributed by atoms with van der Waals surface area (Å²) >= 11 is 0. The third kappa shape index (κ3) is 2.88. The summed E-state index contributed by atoms with van der Waals surface area (Å²) in [7, 11) is 2.03. The molecule has 152 valence electrons. The van der Waals surface area contributed by atoms with Crippen LogP contribution in [0, 0.1) is 0 Å². The first kappa shape index (κ1) is 18.5. The molecule has 2 aromatic carbocycles. The molecular formula is C24H25N5O. The number of nitrogens with one attached hydrogen (secondary N) is 1. The molecule has 0 aliphatic rings. The summed E-state index contributed by atoms with van der Waals surface area (Å²) in [6.07, 6.45) is 7.97. The number of fused-ring (bicyclic) bond motifs is 2. The number of nitrogens with two attached hydrogens (primary N) is 1. The predicted molar refractivity (Wildman–Crippen MR) is 122 cm³/mol. The van der Waals surface area contributed by atoms with Gasteiger partial charge in [0.1, 0.15) is 0 Å². The maximum atomic E-state index is 12.9. The Kier molecular flexibility index (Phi) is 4.56. The van der Waals surface area contributed by atoms with Crippen molar-refractivity contribution >= 4 is 21.8 Å². The standard InChI is InChI=1S/C24H25N5O/c1-27-15-19(17-8-2-4-10-20(17)27)22-14-26-24(30)29(22)23-16-28(13-7-6-12-25)21-11-5-3-9-18(21)23/h2-5,8-11,14-16H,6-7,12-13,25H2,1H3,(H,26,30). The van der Waals surface area contributed by atoms with E-state index in [-0.39, 0.29) is 5.69 Å². The van der Waals surface area contributed by atoms with E-state index < -0.39 is 0 Å². The highest BCUT2D eigenvalue weighted by Gasteiger charge is 2.19. The van der Waals surface area contributed by atoms with E-state index in [1.807, 2.05) is 37.5 Å². The average molecular weight is 399 g/mol. The molecule has 5 aromatic rings. The molecule has 3 heterocycles. The molecule has 0 radical (unpaired) electrons. The Morgan fingerprint density at radius 1 is 0.933 bits per heavy atom. The average Bonchev–Trinajstić information content (AvgIpc) is 3.42. The molecular weight excluding hydrogens is 374 g/mol. The van der Waals surface area contributed by atoms with Crippen LogP contribution in [0.1, 0.15) is 12.8 Å². The largest absolute Gasteiger partial charge is 0.350 e. The van der Waals surface area contributed by atoms with Gasteiger partial charge in [0, 0.05) is 54.0 Å². The summed E-state index contributed by atoms with van der Waals surface area (Å²) in [4.78, 5) is 15.9. The molecule has 0 amide bonds. The van der Waals surface area contributed by atoms with Crippen molar-refractivity contribution in [2.75, 3.05) is 6.54 Å². The summed E-state index contributed by atoms with van der Waals surface area (Å²) in [5.74, 6) is 0. The molecule has 0 atom stereocenters. The number of aromatic amines is 1. The number of H-pyrrole nitrogens is 1. The molecule has 0 aliphatic carbocycles. The van der Waals surface area contributed by atoms with Crippen LogP contribution in [-0.4, -0.2) is 25.2 Å². The van der Waals surface area contributed by atoms with Crippen LogP contribution in [0.15, 0.2) is 71.9 Å². The molecule has 0 bridgehead atoms. The zero-order valence-electron chi connectivity index (χ0n) is 17.0. The van der Waals surface area contributed by atoms with Crippen LogP contribution in [0.2, 0.25) is 0 Å². The fourth-order valence-electron chi connectivity index (χ4n) is 4.37. The Bertz CT molecular complexity index is 1400. The fraction of sp³-hybridized carbons (Fsp3) is 0.208. The highest BCUT2D eigenvalue weighted by Crippen LogP contribution is 2.33. The monoisotopic (exact) mass is 399 g/mol. The van der Waals surface area contributed by atoms with Gasteiger partial charge in [-0.25, -0.2) is 4.79 Å². The quantitative estimate of drug-likeness (QED) is 0.423. The van der Waals surface area contributed by atoms with E-state index >= 15 is 0 Å². The normalized spacial score (nSPS) is 11.7. The Morgan fingerprint density at radius 3 is 2.47 bits per heavy atom. The molecule has 3 N–H and O–H groups in total. The van der Waals surface area contributed by atoms with Crippen molar-refractivity contribution in [2.24, 2.45) is 12.8 Å². The maximum absolute atomic E-state index is 12.9. The summed E-state index contributed by atoms with van der Waals surface area (Å²) in [6, 6.07) is 16.5. The second-order valence-corrected chi connectivity index (χ2v) is 7.71. The number of aromatic nitrogens is 4. The van der Waals surface area contributed by atoms with Gasteiger partial charge >= 0.3 is 5.69 Å². The molecule has 0 spiro atoms. The minimum Gasteiger partial charge on any atom is -0.350 e. The third-order valence-corrected chi connectivity index (χ3v) is 5.81. The van der Waals surface area contributed by atoms with Crippen molar-refractivity contribution < 1.29 is 0 Å². The van der Waals surface area contributed by atoms with E-state index in [0.29, 0.717) is 6.54 Å². The predicted octanol–water partition coefficient (Wildman–Crippen LogP) is 4.02. The van der Waals surface area contributed by atoms with Gasteiger partial charge in [-0.05, 0) is 31.5 Å². The highest BCUT2D eigenvalue weighted by molar-refractivity contribution is 5.96. The number of hydrogen-bond donors (Lipinski definition) is 2. The summed E-state index contributed by atoms with van der Waals surface area (Å²) in [5, 5.41) is 2.19. The Labute approximate surface area is 174 Å². The zero-order chi connectivity index (χ0) is 20.7. The first-order valence-electron chi connectivity index (χ1n) is 10.3. The van der Waals surface area contributed by atoms with Crippen molar-refractivity contribution in [3.63, 3.8) is 0 Å². The van der Waals surface area contributed by atoms with E-state index in [9.17, 15) is 4.79 Å². The summed E-state index contributed by atoms with van der Waals surface area (Å²) < 4.78 is 6.12. The van der Waals surface area contributed by atoms with Crippen molar-refractivity contribution in [3.8, 4) is 16.9 Å². The van der Waals surface area contributed by atoms with Gasteiger partial charge in [0.15, 0.2) is 0 Å². The molecule has 30 heavy (non-hydrogen) atoms. The number of imidazole rings is 1. The van der Waals surface area contributed by atoms with Crippen molar-refractivity contribution in [1.29, 1.82) is 0 Å². The lowest BCUT2D eigenvalue weighted by Crippen LogP contribution is -2.15. The van der Waals surface area contributed by atoms with Crippen LogP contribution in [0.4, 0.5) is 0 Å². The number of para-hydroxylation sites is 2. The minimum atomic E-state index is -0.136. The molecule has 0 fully saturated rings. The lowest BCUT2D eigenvalue weighted by atomic mass is 10.1. The van der Waals surface area contributed by atoms with Gasteiger partial charge in [0.2, 0.25) is 0 Å². The molecule has 6 nitrogen and oxygen atoms in total. The highest BCUT2D eigenvalue weighted by atomic mass is 16.1. The summed E-state index contributed by atoms with van der Waals surface area (Å²) in [5.41, 5.74) is 10.6. The van der Waals surface area contributed by atoms with E-state index in [4.69, 9.17) is 5.73 Å². The van der Waals surface area contributed by atoms with Crippen molar-refractivity contribution in [1.82, 2.24) is 18.7 Å². The third-order valence-electron chi connectivity index (χ3n) is 5.81. The maximum Gasteiger partial charge on any atom is 0.330 e. The Hall–Kier alpha value is -3.51. The molecule has 3 aromatic heterocycles. The van der Waals surface area contributed by atoms with Crippen LogP contribution in [-0.2, 0) is 13.6 Å². The molecule has 0 unspecified atom stereocenters. The second kappa shape index (κ2) is 7.39. The smallest absolute Gasteiger partial charge is 0.330 e. The Morgan fingerprint density at radius 2 is 1.67 bits per heavy atom. The van der Waals surface area contributed by atoms with Gasteiger partial charge in [-0.1, -0.05) is 36.4 Å². The fourth-order valence-corrected chi connectivity index (χ4v) is 4.37. The van der Waals surface area contributed by atoms with E-state index in [2.05, 4.69) is 50.8 Å². The number of nitrogens with zero attached hydrogens (tertiary/aromatic N) is 3. The number of unbranched alkanes of at least 4 members (excludes halogenated alkanes) is 1. The number of aryl methyl sites for hydroxylation is 2. The number of rotatable bonds is 6. The molecule has 0 saturated heterocycles. The SMILES string of the molecule is Cn1cc(-c2c[nH]c(=O)n2-c2cn(CCCCN)c3ccccc23)c2ccccc21. The first-order chi connectivity index (χ1) is 14.7. The molecule has 6 heteroatoms. The second-order valence-electron chi connectivity index (χ2n) is 7.71.